The maximum absolute atomic E-state index is 9.85. The predicted octanol–water partition coefficient (Wildman–Crippen LogP) is 2.00. The first-order valence-electron chi connectivity index (χ1n) is 10.0. The number of aliphatic hydroxyl groups is 1. The second kappa shape index (κ2) is 8.30. The summed E-state index contributed by atoms with van der Waals surface area (Å²) in [5.74, 6) is 1.11. The van der Waals surface area contributed by atoms with Crippen LogP contribution in [0.25, 0.3) is 22.2 Å². The van der Waals surface area contributed by atoms with Crippen LogP contribution in [0.2, 0.25) is 0 Å². The molecule has 3 heterocycles. The molecule has 0 bridgehead atoms. The van der Waals surface area contributed by atoms with E-state index in [-0.39, 0.29) is 12.1 Å². The van der Waals surface area contributed by atoms with Gasteiger partial charge in [-0.05, 0) is 25.7 Å². The van der Waals surface area contributed by atoms with Crippen LogP contribution in [0.15, 0.2) is 18.6 Å². The van der Waals surface area contributed by atoms with Crippen LogP contribution in [0.4, 0.5) is 11.6 Å². The maximum Gasteiger partial charge on any atom is 0.151 e. The molecule has 0 aromatic carbocycles. The van der Waals surface area contributed by atoms with Crippen LogP contribution in [0, 0.1) is 0 Å². The molecule has 0 amide bonds. The van der Waals surface area contributed by atoms with Gasteiger partial charge < -0.3 is 20.9 Å². The second-order valence-electron chi connectivity index (χ2n) is 7.42. The molecule has 3 aromatic heterocycles. The van der Waals surface area contributed by atoms with Gasteiger partial charge in [0.25, 0.3) is 0 Å². The number of rotatable bonds is 7. The summed E-state index contributed by atoms with van der Waals surface area (Å²) < 4.78 is 6.95. The fourth-order valence-corrected chi connectivity index (χ4v) is 3.76. The fraction of sp³-hybridized carbons (Fsp3) is 0.500. The largest absolute Gasteiger partial charge is 0.393 e. The van der Waals surface area contributed by atoms with Gasteiger partial charge in [0.1, 0.15) is 16.9 Å². The van der Waals surface area contributed by atoms with E-state index in [1.165, 1.54) is 0 Å². The average Bonchev–Trinajstić information content (AvgIpc) is 3.35. The van der Waals surface area contributed by atoms with E-state index in [4.69, 9.17) is 20.4 Å². The molecule has 1 fully saturated rings. The van der Waals surface area contributed by atoms with Crippen LogP contribution >= 0.6 is 0 Å². The molecule has 0 spiro atoms. The first kappa shape index (κ1) is 19.5. The van der Waals surface area contributed by atoms with Crippen molar-refractivity contribution in [3.05, 3.63) is 24.3 Å². The summed E-state index contributed by atoms with van der Waals surface area (Å²) in [6.45, 7) is 3.29. The van der Waals surface area contributed by atoms with Crippen molar-refractivity contribution in [3.63, 3.8) is 0 Å². The molecule has 4 rings (SSSR count). The van der Waals surface area contributed by atoms with E-state index in [0.717, 1.165) is 48.3 Å². The van der Waals surface area contributed by atoms with Crippen molar-refractivity contribution in [3.8, 4) is 11.1 Å². The summed E-state index contributed by atoms with van der Waals surface area (Å²) >= 11 is 0. The van der Waals surface area contributed by atoms with Crippen molar-refractivity contribution in [1.29, 1.82) is 0 Å². The van der Waals surface area contributed by atoms with Crippen LogP contribution < -0.4 is 11.1 Å². The Labute approximate surface area is 169 Å². The van der Waals surface area contributed by atoms with Gasteiger partial charge >= 0.3 is 0 Å². The Balaban J connectivity index is 1.76. The normalized spacial score (nSPS) is 19.1. The fourth-order valence-electron chi connectivity index (χ4n) is 3.76. The minimum absolute atomic E-state index is 0.196. The monoisotopic (exact) mass is 397 g/mol. The summed E-state index contributed by atoms with van der Waals surface area (Å²) in [5.41, 5.74) is 10.0. The summed E-state index contributed by atoms with van der Waals surface area (Å²) in [7, 11) is 1.67. The molecule has 1 saturated carbocycles. The van der Waals surface area contributed by atoms with Gasteiger partial charge in [0, 0.05) is 36.7 Å². The average molecular weight is 397 g/mol. The Morgan fingerprint density at radius 1 is 1.28 bits per heavy atom. The number of hydrogen-bond acceptors (Lipinski definition) is 8. The van der Waals surface area contributed by atoms with Gasteiger partial charge in [-0.3, -0.25) is 4.68 Å². The SMILES string of the molecule is CCc1nc2c(N)ncc(-c3cnn(CCOC)c3)c2nc1N[C@@H]1CC[C@H](O)C1. The van der Waals surface area contributed by atoms with Crippen molar-refractivity contribution >= 4 is 22.7 Å². The first-order valence-corrected chi connectivity index (χ1v) is 10.0. The van der Waals surface area contributed by atoms with E-state index < -0.39 is 0 Å². The molecule has 2 atom stereocenters. The number of aryl methyl sites for hydroxylation is 1. The summed E-state index contributed by atoms with van der Waals surface area (Å²) in [5, 5.41) is 17.7. The number of aromatic nitrogens is 5. The molecule has 1 aliphatic carbocycles. The molecule has 4 N–H and O–H groups in total. The van der Waals surface area contributed by atoms with Crippen molar-refractivity contribution in [2.24, 2.45) is 0 Å². The molecule has 29 heavy (non-hydrogen) atoms. The first-order chi connectivity index (χ1) is 14.1. The molecular weight excluding hydrogens is 370 g/mol. The zero-order chi connectivity index (χ0) is 20.4. The van der Waals surface area contributed by atoms with Crippen molar-refractivity contribution in [1.82, 2.24) is 24.7 Å². The van der Waals surface area contributed by atoms with Crippen LogP contribution in [0.3, 0.4) is 0 Å². The molecule has 0 aliphatic heterocycles. The number of anilines is 2. The van der Waals surface area contributed by atoms with Crippen molar-refractivity contribution in [2.45, 2.75) is 51.3 Å². The highest BCUT2D eigenvalue weighted by atomic mass is 16.5. The molecular formula is C20H27N7O2. The highest BCUT2D eigenvalue weighted by molar-refractivity contribution is 5.96. The number of methoxy groups -OCH3 is 1. The standard InChI is InChI=1S/C20H27N7O2/c1-3-16-20(24-13-4-5-14(28)8-13)26-17-15(10-22-19(21)18(17)25-16)12-9-23-27(11-12)6-7-29-2/h9-11,13-14,28H,3-8H2,1-2H3,(H2,21,22)(H,24,26)/t13-,14+/m1/s1. The molecule has 0 radical (unpaired) electrons. The van der Waals surface area contributed by atoms with E-state index in [1.54, 1.807) is 19.5 Å². The van der Waals surface area contributed by atoms with Gasteiger partial charge in [0.15, 0.2) is 5.82 Å². The Hall–Kier alpha value is -2.78. The molecule has 3 aromatic rings. The van der Waals surface area contributed by atoms with E-state index in [9.17, 15) is 5.11 Å². The third kappa shape index (κ3) is 4.01. The molecule has 0 unspecified atom stereocenters. The minimum atomic E-state index is -0.251. The van der Waals surface area contributed by atoms with Crippen molar-refractivity contribution < 1.29 is 9.84 Å². The lowest BCUT2D eigenvalue weighted by Gasteiger charge is -2.17. The Morgan fingerprint density at radius 3 is 2.86 bits per heavy atom. The minimum Gasteiger partial charge on any atom is -0.393 e. The number of nitrogens with one attached hydrogen (secondary N) is 1. The third-order valence-electron chi connectivity index (χ3n) is 5.35. The lowest BCUT2D eigenvalue weighted by Crippen LogP contribution is -2.19. The van der Waals surface area contributed by atoms with Gasteiger partial charge in [-0.15, -0.1) is 0 Å². The molecule has 9 nitrogen and oxygen atoms in total. The molecule has 0 saturated heterocycles. The van der Waals surface area contributed by atoms with E-state index >= 15 is 0 Å². The number of nitrogens with zero attached hydrogens (tertiary/aromatic N) is 5. The van der Waals surface area contributed by atoms with E-state index in [1.807, 2.05) is 17.8 Å². The highest BCUT2D eigenvalue weighted by Crippen LogP contribution is 2.31. The molecule has 154 valence electrons. The summed E-state index contributed by atoms with van der Waals surface area (Å²) in [6, 6.07) is 0.196. The topological polar surface area (TPSA) is 124 Å². The smallest absolute Gasteiger partial charge is 0.151 e. The number of nitrogen functional groups attached to an aromatic ring is 1. The molecule has 9 heteroatoms. The number of pyridine rings is 1. The number of fused-ring (bicyclic) bond motifs is 1. The highest BCUT2D eigenvalue weighted by Gasteiger charge is 2.24. The van der Waals surface area contributed by atoms with Gasteiger partial charge in [-0.2, -0.15) is 5.10 Å². The number of aliphatic hydroxyl groups excluding tert-OH is 1. The van der Waals surface area contributed by atoms with Crippen LogP contribution in [0.1, 0.15) is 31.9 Å². The maximum atomic E-state index is 9.85. The Bertz CT molecular complexity index is 1000. The zero-order valence-corrected chi connectivity index (χ0v) is 16.8. The molecule has 1 aliphatic rings. The number of nitrogens with two attached hydrogens (primary N) is 1. The lowest BCUT2D eigenvalue weighted by molar-refractivity contribution is 0.182. The third-order valence-corrected chi connectivity index (χ3v) is 5.35. The van der Waals surface area contributed by atoms with E-state index in [0.29, 0.717) is 30.0 Å². The Kier molecular flexibility index (Phi) is 5.59. The Morgan fingerprint density at radius 2 is 2.14 bits per heavy atom. The number of ether oxygens (including phenoxy) is 1. The van der Waals surface area contributed by atoms with E-state index in [2.05, 4.69) is 15.4 Å². The van der Waals surface area contributed by atoms with Crippen LogP contribution in [0.5, 0.6) is 0 Å². The second-order valence-corrected chi connectivity index (χ2v) is 7.42. The van der Waals surface area contributed by atoms with Gasteiger partial charge in [-0.25, -0.2) is 15.0 Å². The summed E-state index contributed by atoms with van der Waals surface area (Å²) in [4.78, 5) is 14.0. The lowest BCUT2D eigenvalue weighted by atomic mass is 10.1. The van der Waals surface area contributed by atoms with Crippen molar-refractivity contribution in [2.75, 3.05) is 24.8 Å². The quantitative estimate of drug-likeness (QED) is 0.553. The van der Waals surface area contributed by atoms with Gasteiger partial charge in [-0.1, -0.05) is 6.92 Å². The van der Waals surface area contributed by atoms with Gasteiger partial charge in [0.05, 0.1) is 31.1 Å². The number of hydrogen-bond donors (Lipinski definition) is 3. The predicted molar refractivity (Wildman–Crippen MR) is 111 cm³/mol. The zero-order valence-electron chi connectivity index (χ0n) is 16.8. The summed E-state index contributed by atoms with van der Waals surface area (Å²) in [6.07, 6.45) is 8.38. The van der Waals surface area contributed by atoms with Gasteiger partial charge in [0.2, 0.25) is 0 Å². The van der Waals surface area contributed by atoms with Crippen LogP contribution in [-0.4, -0.2) is 55.7 Å². The van der Waals surface area contributed by atoms with Crippen LogP contribution in [-0.2, 0) is 17.7 Å².